The number of benzene rings is 1. The van der Waals surface area contributed by atoms with Crippen LogP contribution in [0.5, 0.6) is 0 Å². The molecule has 0 radical (unpaired) electrons. The first kappa shape index (κ1) is 17.4. The number of thiophene rings is 1. The van der Waals surface area contributed by atoms with E-state index in [4.69, 9.17) is 4.74 Å². The molecule has 2 N–H and O–H groups in total. The third-order valence-corrected chi connectivity index (χ3v) is 4.91. The van der Waals surface area contributed by atoms with Crippen LogP contribution in [-0.2, 0) is 20.9 Å². The van der Waals surface area contributed by atoms with E-state index in [2.05, 4.69) is 15.5 Å². The second kappa shape index (κ2) is 8.13. The number of carbonyl (C=O) groups excluding carboxylic acids is 2. The summed E-state index contributed by atoms with van der Waals surface area (Å²) in [5.41, 5.74) is 1.62. The molecule has 6 nitrogen and oxygen atoms in total. The Hall–Kier alpha value is -2.38. The van der Waals surface area contributed by atoms with Gasteiger partial charge in [-0.15, -0.1) is 11.3 Å². The standard InChI is InChI=1S/C18H21N3O3S/c1-13-5-6-16(25-13)12-19-17(22)18(23)20-14-3-2-4-15(11-14)21-7-9-24-10-8-21/h2-6,11H,7-10,12H2,1H3,(H,19,22)(H,20,23). The molecule has 2 amide bonds. The summed E-state index contributed by atoms with van der Waals surface area (Å²) >= 11 is 1.60. The van der Waals surface area contributed by atoms with Crippen molar-refractivity contribution in [1.82, 2.24) is 5.32 Å². The lowest BCUT2D eigenvalue weighted by molar-refractivity contribution is -0.136. The molecule has 0 unspecified atom stereocenters. The van der Waals surface area contributed by atoms with Crippen LogP contribution in [0, 0.1) is 6.92 Å². The Kier molecular flexibility index (Phi) is 5.67. The molecule has 132 valence electrons. The number of ether oxygens (including phenoxy) is 1. The Morgan fingerprint density at radius 2 is 1.96 bits per heavy atom. The van der Waals surface area contributed by atoms with E-state index in [9.17, 15) is 9.59 Å². The van der Waals surface area contributed by atoms with Crippen molar-refractivity contribution in [3.8, 4) is 0 Å². The van der Waals surface area contributed by atoms with Crippen molar-refractivity contribution in [1.29, 1.82) is 0 Å². The third-order valence-electron chi connectivity index (χ3n) is 3.91. The van der Waals surface area contributed by atoms with E-state index >= 15 is 0 Å². The van der Waals surface area contributed by atoms with Gasteiger partial charge in [0.25, 0.3) is 0 Å². The summed E-state index contributed by atoms with van der Waals surface area (Å²) in [6.45, 7) is 5.39. The van der Waals surface area contributed by atoms with Gasteiger partial charge < -0.3 is 20.3 Å². The molecule has 1 aromatic heterocycles. The predicted octanol–water partition coefficient (Wildman–Crippen LogP) is 2.15. The van der Waals surface area contributed by atoms with Crippen LogP contribution in [0.1, 0.15) is 9.75 Å². The summed E-state index contributed by atoms with van der Waals surface area (Å²) in [5, 5.41) is 5.30. The fourth-order valence-corrected chi connectivity index (χ4v) is 3.45. The van der Waals surface area contributed by atoms with Crippen LogP contribution in [0.4, 0.5) is 11.4 Å². The zero-order valence-electron chi connectivity index (χ0n) is 14.1. The normalized spacial score (nSPS) is 14.2. The monoisotopic (exact) mass is 359 g/mol. The highest BCUT2D eigenvalue weighted by molar-refractivity contribution is 7.11. The van der Waals surface area contributed by atoms with Gasteiger partial charge in [0.1, 0.15) is 0 Å². The summed E-state index contributed by atoms with van der Waals surface area (Å²) in [7, 11) is 0. The van der Waals surface area contributed by atoms with Crippen LogP contribution in [-0.4, -0.2) is 38.1 Å². The lowest BCUT2D eigenvalue weighted by Gasteiger charge is -2.29. The number of morpholine rings is 1. The average Bonchev–Trinajstić information content (AvgIpc) is 3.06. The van der Waals surface area contributed by atoms with E-state index < -0.39 is 11.8 Å². The van der Waals surface area contributed by atoms with Crippen molar-refractivity contribution in [2.45, 2.75) is 13.5 Å². The Morgan fingerprint density at radius 3 is 2.68 bits per heavy atom. The van der Waals surface area contributed by atoms with Gasteiger partial charge in [0.05, 0.1) is 19.8 Å². The number of rotatable bonds is 4. The Balaban J connectivity index is 1.55. The largest absolute Gasteiger partial charge is 0.378 e. The molecule has 0 bridgehead atoms. The van der Waals surface area contributed by atoms with Gasteiger partial charge in [0.15, 0.2) is 0 Å². The summed E-state index contributed by atoms with van der Waals surface area (Å²) in [6, 6.07) is 11.4. The van der Waals surface area contributed by atoms with Gasteiger partial charge in [0, 0.05) is 34.2 Å². The molecule has 0 aliphatic carbocycles. The Labute approximate surface area is 150 Å². The Bertz CT molecular complexity index is 754. The van der Waals surface area contributed by atoms with E-state index in [-0.39, 0.29) is 0 Å². The highest BCUT2D eigenvalue weighted by Crippen LogP contribution is 2.20. The van der Waals surface area contributed by atoms with Gasteiger partial charge in [-0.05, 0) is 37.3 Å². The van der Waals surface area contributed by atoms with Crippen LogP contribution < -0.4 is 15.5 Å². The first-order chi connectivity index (χ1) is 12.1. The molecule has 1 fully saturated rings. The number of carbonyl (C=O) groups is 2. The molecule has 2 aromatic rings. The molecule has 1 aliphatic heterocycles. The van der Waals surface area contributed by atoms with Crippen LogP contribution in [0.25, 0.3) is 0 Å². The van der Waals surface area contributed by atoms with Gasteiger partial charge in [0.2, 0.25) is 0 Å². The number of hydrogen-bond donors (Lipinski definition) is 2. The maximum Gasteiger partial charge on any atom is 0.313 e. The van der Waals surface area contributed by atoms with Gasteiger partial charge >= 0.3 is 11.8 Å². The van der Waals surface area contributed by atoms with E-state index in [1.807, 2.05) is 37.3 Å². The summed E-state index contributed by atoms with van der Waals surface area (Å²) in [6.07, 6.45) is 0. The van der Waals surface area contributed by atoms with E-state index in [1.54, 1.807) is 17.4 Å². The van der Waals surface area contributed by atoms with Crippen molar-refractivity contribution < 1.29 is 14.3 Å². The molecule has 0 spiro atoms. The molecular weight excluding hydrogens is 338 g/mol. The molecule has 3 rings (SSSR count). The first-order valence-electron chi connectivity index (χ1n) is 8.19. The Morgan fingerprint density at radius 1 is 1.16 bits per heavy atom. The van der Waals surface area contributed by atoms with E-state index in [0.717, 1.165) is 23.7 Å². The third kappa shape index (κ3) is 4.80. The van der Waals surface area contributed by atoms with E-state index in [1.165, 1.54) is 4.88 Å². The fourth-order valence-electron chi connectivity index (χ4n) is 2.62. The minimum absolute atomic E-state index is 0.360. The van der Waals surface area contributed by atoms with Gasteiger partial charge in [-0.1, -0.05) is 6.07 Å². The van der Waals surface area contributed by atoms with Crippen molar-refractivity contribution in [3.63, 3.8) is 0 Å². The molecule has 1 aliphatic rings. The smallest absolute Gasteiger partial charge is 0.313 e. The molecular formula is C18H21N3O3S. The summed E-state index contributed by atoms with van der Waals surface area (Å²) in [4.78, 5) is 28.4. The van der Waals surface area contributed by atoms with Crippen LogP contribution in [0.15, 0.2) is 36.4 Å². The van der Waals surface area contributed by atoms with Crippen molar-refractivity contribution in [2.24, 2.45) is 0 Å². The first-order valence-corrected chi connectivity index (χ1v) is 9.01. The van der Waals surface area contributed by atoms with Crippen LogP contribution >= 0.6 is 11.3 Å². The van der Waals surface area contributed by atoms with Crippen LogP contribution in [0.3, 0.4) is 0 Å². The highest BCUT2D eigenvalue weighted by Gasteiger charge is 2.15. The number of aryl methyl sites for hydroxylation is 1. The quantitative estimate of drug-likeness (QED) is 0.821. The minimum atomic E-state index is -0.660. The molecule has 7 heteroatoms. The van der Waals surface area contributed by atoms with Crippen molar-refractivity contribution in [2.75, 3.05) is 36.5 Å². The second-order valence-corrected chi connectivity index (χ2v) is 7.17. The lowest BCUT2D eigenvalue weighted by atomic mass is 10.2. The van der Waals surface area contributed by atoms with Crippen molar-refractivity contribution >= 4 is 34.5 Å². The maximum absolute atomic E-state index is 12.1. The van der Waals surface area contributed by atoms with E-state index in [0.29, 0.717) is 25.4 Å². The summed E-state index contributed by atoms with van der Waals surface area (Å²) in [5.74, 6) is -1.30. The van der Waals surface area contributed by atoms with Gasteiger partial charge in [-0.2, -0.15) is 0 Å². The maximum atomic E-state index is 12.1. The minimum Gasteiger partial charge on any atom is -0.378 e. The summed E-state index contributed by atoms with van der Waals surface area (Å²) < 4.78 is 5.35. The second-order valence-electron chi connectivity index (χ2n) is 5.80. The molecule has 1 saturated heterocycles. The molecule has 25 heavy (non-hydrogen) atoms. The number of hydrogen-bond acceptors (Lipinski definition) is 5. The van der Waals surface area contributed by atoms with Crippen molar-refractivity contribution in [3.05, 3.63) is 46.2 Å². The van der Waals surface area contributed by atoms with Gasteiger partial charge in [-0.25, -0.2) is 0 Å². The van der Waals surface area contributed by atoms with Gasteiger partial charge in [-0.3, -0.25) is 9.59 Å². The van der Waals surface area contributed by atoms with Crippen LogP contribution in [0.2, 0.25) is 0 Å². The number of anilines is 2. The number of nitrogens with zero attached hydrogens (tertiary/aromatic N) is 1. The SMILES string of the molecule is Cc1ccc(CNC(=O)C(=O)Nc2cccc(N3CCOCC3)c2)s1. The predicted molar refractivity (Wildman–Crippen MR) is 99.0 cm³/mol. The number of nitrogens with one attached hydrogen (secondary N) is 2. The molecule has 0 atom stereocenters. The molecule has 1 aromatic carbocycles. The fraction of sp³-hybridized carbons (Fsp3) is 0.333. The lowest BCUT2D eigenvalue weighted by Crippen LogP contribution is -2.36. The number of amides is 2. The average molecular weight is 359 g/mol. The molecule has 2 heterocycles. The molecule has 0 saturated carbocycles. The highest BCUT2D eigenvalue weighted by atomic mass is 32.1. The zero-order valence-corrected chi connectivity index (χ0v) is 14.9. The topological polar surface area (TPSA) is 70.7 Å². The zero-order chi connectivity index (χ0) is 17.6.